The number of hydrogen-bond donors (Lipinski definition) is 1. The molecule has 0 radical (unpaired) electrons. The molecule has 1 aromatic rings. The molecule has 114 valence electrons. The first-order valence-corrected chi connectivity index (χ1v) is 7.87. The summed E-state index contributed by atoms with van der Waals surface area (Å²) in [5, 5.41) is 4.08. The highest BCUT2D eigenvalue weighted by Gasteiger charge is 2.33. The van der Waals surface area contributed by atoms with E-state index >= 15 is 0 Å². The van der Waals surface area contributed by atoms with Gasteiger partial charge in [-0.05, 0) is 38.1 Å². The van der Waals surface area contributed by atoms with Crippen LogP contribution in [-0.4, -0.2) is 23.3 Å². The highest BCUT2D eigenvalue weighted by Crippen LogP contribution is 2.38. The van der Waals surface area contributed by atoms with E-state index in [0.29, 0.717) is 24.9 Å². The molecule has 1 saturated carbocycles. The lowest BCUT2D eigenvalue weighted by Crippen LogP contribution is -2.35. The van der Waals surface area contributed by atoms with Crippen LogP contribution in [-0.2, 0) is 11.2 Å². The van der Waals surface area contributed by atoms with Crippen LogP contribution in [0.5, 0.6) is 0 Å². The van der Waals surface area contributed by atoms with Crippen LogP contribution in [0.2, 0.25) is 0 Å². The summed E-state index contributed by atoms with van der Waals surface area (Å²) in [5.41, 5.74) is 6.17. The summed E-state index contributed by atoms with van der Waals surface area (Å²) in [6.45, 7) is 5.41. The third-order valence-electron chi connectivity index (χ3n) is 4.38. The Labute approximate surface area is 121 Å². The number of nitrogens with zero attached hydrogens (tertiary/aromatic N) is 2. The molecule has 0 amide bonds. The standard InChI is InChI=1S/C15H27N3O2/c1-3-12(19-4-2)14-17-13(20-18-14)10-15(11-16)8-6-5-7-9-15/h12H,3-11,16H2,1-2H3. The lowest BCUT2D eigenvalue weighted by atomic mass is 9.72. The van der Waals surface area contributed by atoms with Crippen molar-refractivity contribution in [2.45, 2.75) is 64.9 Å². The number of hydrogen-bond acceptors (Lipinski definition) is 5. The van der Waals surface area contributed by atoms with Gasteiger partial charge < -0.3 is 15.0 Å². The number of rotatable bonds is 7. The summed E-state index contributed by atoms with van der Waals surface area (Å²) in [6, 6.07) is 0. The van der Waals surface area contributed by atoms with Crippen LogP contribution in [0.1, 0.15) is 70.2 Å². The summed E-state index contributed by atoms with van der Waals surface area (Å²) in [5.74, 6) is 1.39. The largest absolute Gasteiger partial charge is 0.370 e. The molecule has 0 spiro atoms. The number of ether oxygens (including phenoxy) is 1. The summed E-state index contributed by atoms with van der Waals surface area (Å²) in [4.78, 5) is 4.53. The van der Waals surface area contributed by atoms with Gasteiger partial charge in [0.1, 0.15) is 6.10 Å². The van der Waals surface area contributed by atoms with Crippen molar-refractivity contribution >= 4 is 0 Å². The zero-order chi connectivity index (χ0) is 14.4. The van der Waals surface area contributed by atoms with E-state index in [1.54, 1.807) is 0 Å². The fourth-order valence-corrected chi connectivity index (χ4v) is 3.12. The molecule has 1 heterocycles. The Kier molecular flexibility index (Phi) is 5.54. The molecule has 0 aromatic carbocycles. The number of aromatic nitrogens is 2. The minimum absolute atomic E-state index is 0.0577. The van der Waals surface area contributed by atoms with Gasteiger partial charge >= 0.3 is 0 Å². The summed E-state index contributed by atoms with van der Waals surface area (Å²) >= 11 is 0. The Hall–Kier alpha value is -0.940. The zero-order valence-corrected chi connectivity index (χ0v) is 12.7. The summed E-state index contributed by atoms with van der Waals surface area (Å²) < 4.78 is 11.0. The van der Waals surface area contributed by atoms with E-state index in [0.717, 1.165) is 12.8 Å². The summed E-state index contributed by atoms with van der Waals surface area (Å²) in [6.07, 6.45) is 7.78. The molecule has 5 nitrogen and oxygen atoms in total. The van der Waals surface area contributed by atoms with E-state index in [1.807, 2.05) is 6.92 Å². The smallest absolute Gasteiger partial charge is 0.227 e. The zero-order valence-electron chi connectivity index (χ0n) is 12.7. The Morgan fingerprint density at radius 2 is 2.05 bits per heavy atom. The molecule has 1 unspecified atom stereocenters. The minimum Gasteiger partial charge on any atom is -0.370 e. The van der Waals surface area contributed by atoms with E-state index in [-0.39, 0.29) is 11.5 Å². The van der Waals surface area contributed by atoms with Crippen molar-refractivity contribution in [1.82, 2.24) is 10.1 Å². The number of nitrogens with two attached hydrogens (primary N) is 1. The first-order valence-electron chi connectivity index (χ1n) is 7.87. The highest BCUT2D eigenvalue weighted by molar-refractivity contribution is 4.97. The third-order valence-corrected chi connectivity index (χ3v) is 4.38. The molecule has 2 rings (SSSR count). The van der Waals surface area contributed by atoms with Crippen LogP contribution in [0.25, 0.3) is 0 Å². The molecular weight excluding hydrogens is 254 g/mol. The van der Waals surface area contributed by atoms with E-state index in [2.05, 4.69) is 17.1 Å². The molecule has 1 aliphatic rings. The maximum atomic E-state index is 6.01. The Morgan fingerprint density at radius 1 is 1.30 bits per heavy atom. The van der Waals surface area contributed by atoms with Crippen molar-refractivity contribution in [3.05, 3.63) is 11.7 Å². The maximum Gasteiger partial charge on any atom is 0.227 e. The van der Waals surface area contributed by atoms with Gasteiger partial charge in [0.25, 0.3) is 0 Å². The predicted molar refractivity (Wildman–Crippen MR) is 77.2 cm³/mol. The Bertz CT molecular complexity index is 400. The first-order chi connectivity index (χ1) is 9.73. The lowest BCUT2D eigenvalue weighted by molar-refractivity contribution is 0.0518. The molecule has 2 N–H and O–H groups in total. The third kappa shape index (κ3) is 3.58. The molecule has 1 fully saturated rings. The maximum absolute atomic E-state index is 6.01. The van der Waals surface area contributed by atoms with Crippen molar-refractivity contribution in [2.75, 3.05) is 13.2 Å². The van der Waals surface area contributed by atoms with E-state index in [1.165, 1.54) is 32.1 Å². The van der Waals surface area contributed by atoms with Crippen LogP contribution >= 0.6 is 0 Å². The van der Waals surface area contributed by atoms with Crippen molar-refractivity contribution in [3.8, 4) is 0 Å². The Balaban J connectivity index is 2.04. The SMILES string of the molecule is CCOC(CC)c1noc(CC2(CN)CCCCC2)n1. The van der Waals surface area contributed by atoms with E-state index in [9.17, 15) is 0 Å². The van der Waals surface area contributed by atoms with Crippen molar-refractivity contribution in [1.29, 1.82) is 0 Å². The van der Waals surface area contributed by atoms with Crippen LogP contribution in [0.3, 0.4) is 0 Å². The van der Waals surface area contributed by atoms with Gasteiger partial charge in [0.15, 0.2) is 0 Å². The predicted octanol–water partition coefficient (Wildman–Crippen LogP) is 3.01. The molecule has 5 heteroatoms. The van der Waals surface area contributed by atoms with Crippen molar-refractivity contribution in [2.24, 2.45) is 11.1 Å². The molecular formula is C15H27N3O2. The highest BCUT2D eigenvalue weighted by atomic mass is 16.5. The lowest BCUT2D eigenvalue weighted by Gasteiger charge is -2.34. The molecule has 1 atom stereocenters. The van der Waals surface area contributed by atoms with Gasteiger partial charge in [0, 0.05) is 13.0 Å². The molecule has 0 aliphatic heterocycles. The average molecular weight is 281 g/mol. The van der Waals surface area contributed by atoms with Gasteiger partial charge in [-0.15, -0.1) is 0 Å². The second kappa shape index (κ2) is 7.18. The molecule has 20 heavy (non-hydrogen) atoms. The van der Waals surface area contributed by atoms with Gasteiger partial charge in [-0.3, -0.25) is 0 Å². The molecule has 0 bridgehead atoms. The molecule has 1 aliphatic carbocycles. The average Bonchev–Trinajstić information content (AvgIpc) is 2.93. The fourth-order valence-electron chi connectivity index (χ4n) is 3.12. The van der Waals surface area contributed by atoms with Gasteiger partial charge in [-0.2, -0.15) is 4.98 Å². The van der Waals surface area contributed by atoms with E-state index < -0.39 is 0 Å². The van der Waals surface area contributed by atoms with Crippen LogP contribution in [0.4, 0.5) is 0 Å². The minimum atomic E-state index is -0.0577. The van der Waals surface area contributed by atoms with Gasteiger partial charge in [0.05, 0.1) is 0 Å². The normalized spacial score (nSPS) is 19.9. The second-order valence-corrected chi connectivity index (χ2v) is 5.84. The Morgan fingerprint density at radius 3 is 2.65 bits per heavy atom. The van der Waals surface area contributed by atoms with Gasteiger partial charge in [0.2, 0.25) is 11.7 Å². The molecule has 1 aromatic heterocycles. The van der Waals surface area contributed by atoms with Gasteiger partial charge in [-0.25, -0.2) is 0 Å². The first kappa shape index (κ1) is 15.4. The molecule has 0 saturated heterocycles. The summed E-state index contributed by atoms with van der Waals surface area (Å²) in [7, 11) is 0. The topological polar surface area (TPSA) is 74.2 Å². The monoisotopic (exact) mass is 281 g/mol. The van der Waals surface area contributed by atoms with Crippen LogP contribution < -0.4 is 5.73 Å². The van der Waals surface area contributed by atoms with Crippen LogP contribution in [0, 0.1) is 5.41 Å². The quantitative estimate of drug-likeness (QED) is 0.831. The van der Waals surface area contributed by atoms with E-state index in [4.69, 9.17) is 15.0 Å². The van der Waals surface area contributed by atoms with Crippen molar-refractivity contribution in [3.63, 3.8) is 0 Å². The fraction of sp³-hybridized carbons (Fsp3) is 0.867. The van der Waals surface area contributed by atoms with Crippen molar-refractivity contribution < 1.29 is 9.26 Å². The second-order valence-electron chi connectivity index (χ2n) is 5.84. The van der Waals surface area contributed by atoms with Gasteiger partial charge in [-0.1, -0.05) is 31.3 Å². The van der Waals surface area contributed by atoms with Crippen LogP contribution in [0.15, 0.2) is 4.52 Å².